The summed E-state index contributed by atoms with van der Waals surface area (Å²) in [7, 11) is 0. The van der Waals surface area contributed by atoms with Crippen molar-refractivity contribution in [1.82, 2.24) is 20.0 Å². The van der Waals surface area contributed by atoms with Crippen LogP contribution in [0.3, 0.4) is 0 Å². The van der Waals surface area contributed by atoms with Crippen molar-refractivity contribution < 1.29 is 0 Å². The highest BCUT2D eigenvalue weighted by Crippen LogP contribution is 2.44. The molecule has 0 saturated heterocycles. The minimum Gasteiger partial charge on any atom is -0.351 e. The molecule has 0 spiro atoms. The van der Waals surface area contributed by atoms with Gasteiger partial charge < -0.3 is 10.6 Å². The summed E-state index contributed by atoms with van der Waals surface area (Å²) in [6.45, 7) is 4.17. The lowest BCUT2D eigenvalue weighted by molar-refractivity contribution is 0.842. The molecule has 0 atom stereocenters. The molecule has 0 saturated carbocycles. The first-order valence-corrected chi connectivity index (χ1v) is 7.50. The Morgan fingerprint density at radius 2 is 1.65 bits per heavy atom. The molecule has 0 unspecified atom stereocenters. The summed E-state index contributed by atoms with van der Waals surface area (Å²) in [5, 5.41) is 20.3. The number of nitrogens with one attached hydrogen (secondary N) is 2. The third-order valence-electron chi connectivity index (χ3n) is 4.29. The van der Waals surface area contributed by atoms with Gasteiger partial charge in [0, 0.05) is 5.39 Å². The van der Waals surface area contributed by atoms with Crippen molar-refractivity contribution in [2.75, 3.05) is 10.6 Å². The Hall–Kier alpha value is -3.15. The lowest BCUT2D eigenvalue weighted by atomic mass is 10.1. The van der Waals surface area contributed by atoms with Crippen LogP contribution < -0.4 is 10.6 Å². The van der Waals surface area contributed by atoms with Gasteiger partial charge in [-0.25, -0.2) is 0 Å². The molecule has 0 fully saturated rings. The predicted molar refractivity (Wildman–Crippen MR) is 90.8 cm³/mol. The number of aromatic nitrogens is 4. The predicted octanol–water partition coefficient (Wildman–Crippen LogP) is 3.69. The van der Waals surface area contributed by atoms with Gasteiger partial charge >= 0.3 is 0 Å². The molecule has 0 radical (unpaired) electrons. The maximum absolute atomic E-state index is 4.20. The Bertz CT molecular complexity index is 1100. The molecule has 23 heavy (non-hydrogen) atoms. The van der Waals surface area contributed by atoms with Gasteiger partial charge in [0.25, 0.3) is 0 Å². The SMILES string of the molecule is Cc1ccc2c(c1)Nc1c(c3cc(C)ccc3n3nnnc13)N2. The van der Waals surface area contributed by atoms with Crippen LogP contribution in [0.25, 0.3) is 16.6 Å². The topological polar surface area (TPSA) is 67.1 Å². The Balaban J connectivity index is 1.90. The van der Waals surface area contributed by atoms with E-state index < -0.39 is 0 Å². The Kier molecular flexibility index (Phi) is 2.26. The average molecular weight is 302 g/mol. The van der Waals surface area contributed by atoms with Crippen molar-refractivity contribution in [3.05, 3.63) is 47.5 Å². The van der Waals surface area contributed by atoms with E-state index in [0.717, 1.165) is 39.3 Å². The van der Waals surface area contributed by atoms with Crippen molar-refractivity contribution in [3.63, 3.8) is 0 Å². The van der Waals surface area contributed by atoms with Crippen LogP contribution in [0.5, 0.6) is 0 Å². The zero-order chi connectivity index (χ0) is 15.6. The first kappa shape index (κ1) is 12.4. The summed E-state index contributed by atoms with van der Waals surface area (Å²) in [6, 6.07) is 12.6. The largest absolute Gasteiger partial charge is 0.351 e. The number of pyridine rings is 1. The summed E-state index contributed by atoms with van der Waals surface area (Å²) >= 11 is 0. The van der Waals surface area contributed by atoms with E-state index in [4.69, 9.17) is 0 Å². The van der Waals surface area contributed by atoms with Crippen LogP contribution in [-0.2, 0) is 0 Å². The number of hydrogen-bond donors (Lipinski definition) is 2. The second-order valence-electron chi connectivity index (χ2n) is 5.98. The van der Waals surface area contributed by atoms with Gasteiger partial charge in [0.1, 0.15) is 5.69 Å². The molecule has 0 bridgehead atoms. The van der Waals surface area contributed by atoms with E-state index in [1.165, 1.54) is 11.1 Å². The van der Waals surface area contributed by atoms with Crippen molar-refractivity contribution >= 4 is 39.3 Å². The third-order valence-corrected chi connectivity index (χ3v) is 4.29. The van der Waals surface area contributed by atoms with Gasteiger partial charge in [-0.1, -0.05) is 17.7 Å². The van der Waals surface area contributed by atoms with E-state index in [2.05, 4.69) is 76.4 Å². The second-order valence-corrected chi connectivity index (χ2v) is 5.98. The molecular formula is C17H14N6. The molecule has 2 N–H and O–H groups in total. The number of fused-ring (bicyclic) bond motifs is 7. The molecule has 4 aromatic rings. The van der Waals surface area contributed by atoms with Crippen LogP contribution in [0.15, 0.2) is 36.4 Å². The molecule has 5 rings (SSSR count). The standard InChI is InChI=1S/C17H14N6/c1-9-4-6-14-11(7-9)15-16(17-20-21-22-23(14)17)19-13-8-10(2)3-5-12(13)18-15/h3-8,18-19H,1-2H3. The van der Waals surface area contributed by atoms with Gasteiger partial charge in [-0.05, 0) is 54.1 Å². The maximum atomic E-state index is 4.20. The number of anilines is 4. The minimum absolute atomic E-state index is 0.719. The van der Waals surface area contributed by atoms with E-state index in [9.17, 15) is 0 Å². The number of rotatable bonds is 0. The van der Waals surface area contributed by atoms with Crippen molar-refractivity contribution in [2.24, 2.45) is 0 Å². The molecule has 6 nitrogen and oxygen atoms in total. The van der Waals surface area contributed by atoms with Crippen LogP contribution in [0.4, 0.5) is 22.7 Å². The van der Waals surface area contributed by atoms with Gasteiger partial charge in [0.2, 0.25) is 5.65 Å². The van der Waals surface area contributed by atoms with Crippen LogP contribution >= 0.6 is 0 Å². The first-order valence-electron chi connectivity index (χ1n) is 7.50. The fourth-order valence-corrected chi connectivity index (χ4v) is 3.17. The molecule has 2 aromatic carbocycles. The number of benzene rings is 2. The molecule has 0 aliphatic carbocycles. The average Bonchev–Trinajstić information content (AvgIpc) is 3.03. The molecule has 6 heteroatoms. The molecule has 1 aliphatic rings. The van der Waals surface area contributed by atoms with Gasteiger partial charge in [-0.15, -0.1) is 5.10 Å². The van der Waals surface area contributed by atoms with Crippen molar-refractivity contribution in [2.45, 2.75) is 13.8 Å². The number of tetrazole rings is 1. The normalized spacial score (nSPS) is 12.6. The van der Waals surface area contributed by atoms with E-state index in [1.807, 2.05) is 0 Å². The quantitative estimate of drug-likeness (QED) is 0.456. The summed E-state index contributed by atoms with van der Waals surface area (Å²) in [6.07, 6.45) is 0. The van der Waals surface area contributed by atoms with Crippen LogP contribution in [0, 0.1) is 13.8 Å². The molecular weight excluding hydrogens is 288 g/mol. The first-order chi connectivity index (χ1) is 11.2. The van der Waals surface area contributed by atoms with Crippen molar-refractivity contribution in [3.8, 4) is 0 Å². The summed E-state index contributed by atoms with van der Waals surface area (Å²) in [5.41, 5.74) is 8.12. The molecule has 2 aromatic heterocycles. The zero-order valence-corrected chi connectivity index (χ0v) is 12.8. The zero-order valence-electron chi connectivity index (χ0n) is 12.8. The Morgan fingerprint density at radius 1 is 0.870 bits per heavy atom. The molecule has 112 valence electrons. The van der Waals surface area contributed by atoms with Crippen LogP contribution in [0.2, 0.25) is 0 Å². The monoisotopic (exact) mass is 302 g/mol. The van der Waals surface area contributed by atoms with E-state index >= 15 is 0 Å². The fraction of sp³-hybridized carbons (Fsp3) is 0.118. The highest BCUT2D eigenvalue weighted by molar-refractivity contribution is 6.09. The van der Waals surface area contributed by atoms with Gasteiger partial charge in [0.05, 0.1) is 22.6 Å². The second kappa shape index (κ2) is 4.19. The summed E-state index contributed by atoms with van der Waals surface area (Å²) in [4.78, 5) is 0. The van der Waals surface area contributed by atoms with Gasteiger partial charge in [-0.3, -0.25) is 0 Å². The maximum Gasteiger partial charge on any atom is 0.205 e. The number of nitrogens with zero attached hydrogens (tertiary/aromatic N) is 4. The summed E-state index contributed by atoms with van der Waals surface area (Å²) < 4.78 is 1.78. The Morgan fingerprint density at radius 3 is 2.57 bits per heavy atom. The van der Waals surface area contributed by atoms with E-state index in [-0.39, 0.29) is 0 Å². The van der Waals surface area contributed by atoms with E-state index in [0.29, 0.717) is 0 Å². The number of aryl methyl sites for hydroxylation is 2. The lowest BCUT2D eigenvalue weighted by Crippen LogP contribution is -2.10. The van der Waals surface area contributed by atoms with Gasteiger partial charge in [0.15, 0.2) is 0 Å². The number of hydrogen-bond acceptors (Lipinski definition) is 5. The van der Waals surface area contributed by atoms with Crippen molar-refractivity contribution in [1.29, 1.82) is 0 Å². The van der Waals surface area contributed by atoms with Crippen LogP contribution in [0.1, 0.15) is 11.1 Å². The highest BCUT2D eigenvalue weighted by Gasteiger charge is 2.22. The molecule has 0 amide bonds. The third kappa shape index (κ3) is 1.66. The smallest absolute Gasteiger partial charge is 0.205 e. The van der Waals surface area contributed by atoms with Crippen LogP contribution in [-0.4, -0.2) is 20.0 Å². The highest BCUT2D eigenvalue weighted by atomic mass is 15.5. The summed E-state index contributed by atoms with van der Waals surface area (Å²) in [5.74, 6) is 0. The van der Waals surface area contributed by atoms with E-state index in [1.54, 1.807) is 4.52 Å². The molecule has 3 heterocycles. The van der Waals surface area contributed by atoms with Gasteiger partial charge in [-0.2, -0.15) is 4.52 Å². The fourth-order valence-electron chi connectivity index (χ4n) is 3.17. The molecule has 1 aliphatic heterocycles. The minimum atomic E-state index is 0.719. The Labute approximate surface area is 132 Å². The lowest BCUT2D eigenvalue weighted by Gasteiger charge is -2.25.